The smallest absolute Gasteiger partial charge is 0.227 e. The second-order valence-electron chi connectivity index (χ2n) is 6.45. The van der Waals surface area contributed by atoms with Gasteiger partial charge in [0.2, 0.25) is 5.95 Å². The van der Waals surface area contributed by atoms with Gasteiger partial charge in [-0.1, -0.05) is 0 Å². The first kappa shape index (κ1) is 16.6. The predicted octanol–water partition coefficient (Wildman–Crippen LogP) is 1.51. The molecule has 2 aromatic rings. The van der Waals surface area contributed by atoms with Gasteiger partial charge in [-0.2, -0.15) is 10.2 Å². The van der Waals surface area contributed by atoms with E-state index in [1.165, 1.54) is 5.69 Å². The maximum atomic E-state index is 8.92. The first-order valence-corrected chi connectivity index (χ1v) is 8.99. The normalized spacial score (nSPS) is 17.9. The standard InChI is InChI=1S/C19H22N6O/c20-15-16-1-3-17(4-2-16)23-7-9-24(10-8-23)18-5-6-21-19(22-18)25-11-13-26-14-12-25/h1-6H,7-14H2. The highest BCUT2D eigenvalue weighted by Gasteiger charge is 2.20. The van der Waals surface area contributed by atoms with E-state index in [4.69, 9.17) is 15.0 Å². The van der Waals surface area contributed by atoms with Gasteiger partial charge in [-0.25, -0.2) is 4.98 Å². The molecule has 3 heterocycles. The number of aromatic nitrogens is 2. The Balaban J connectivity index is 1.40. The molecule has 4 rings (SSSR count). The number of rotatable bonds is 3. The fourth-order valence-electron chi connectivity index (χ4n) is 3.37. The van der Waals surface area contributed by atoms with E-state index >= 15 is 0 Å². The first-order chi connectivity index (χ1) is 12.8. The third-order valence-corrected chi connectivity index (χ3v) is 4.89. The lowest BCUT2D eigenvalue weighted by atomic mass is 10.2. The minimum Gasteiger partial charge on any atom is -0.378 e. The van der Waals surface area contributed by atoms with E-state index in [0.29, 0.717) is 5.56 Å². The summed E-state index contributed by atoms with van der Waals surface area (Å²) >= 11 is 0. The molecule has 0 saturated carbocycles. The molecule has 2 fully saturated rings. The lowest BCUT2D eigenvalue weighted by Gasteiger charge is -2.37. The largest absolute Gasteiger partial charge is 0.378 e. The van der Waals surface area contributed by atoms with Gasteiger partial charge in [-0.15, -0.1) is 0 Å². The van der Waals surface area contributed by atoms with E-state index in [1.54, 1.807) is 0 Å². The molecule has 0 N–H and O–H groups in total. The number of ether oxygens (including phenoxy) is 1. The van der Waals surface area contributed by atoms with Crippen molar-refractivity contribution in [3.05, 3.63) is 42.1 Å². The predicted molar refractivity (Wildman–Crippen MR) is 101 cm³/mol. The fourth-order valence-corrected chi connectivity index (χ4v) is 3.37. The summed E-state index contributed by atoms with van der Waals surface area (Å²) in [7, 11) is 0. The lowest BCUT2D eigenvalue weighted by Crippen LogP contribution is -2.47. The van der Waals surface area contributed by atoms with Crippen LogP contribution in [0.2, 0.25) is 0 Å². The van der Waals surface area contributed by atoms with Crippen LogP contribution in [0.15, 0.2) is 36.5 Å². The fraction of sp³-hybridized carbons (Fsp3) is 0.421. The maximum Gasteiger partial charge on any atom is 0.227 e. The monoisotopic (exact) mass is 350 g/mol. The van der Waals surface area contributed by atoms with Gasteiger partial charge in [0.1, 0.15) is 5.82 Å². The summed E-state index contributed by atoms with van der Waals surface area (Å²) in [5.41, 5.74) is 1.87. The SMILES string of the molecule is N#Cc1ccc(N2CCN(c3ccnc(N4CCOCC4)n3)CC2)cc1. The van der Waals surface area contributed by atoms with Gasteiger partial charge in [0.05, 0.1) is 24.8 Å². The molecule has 1 aromatic heterocycles. The summed E-state index contributed by atoms with van der Waals surface area (Å²) in [6, 6.07) is 12.0. The zero-order chi connectivity index (χ0) is 17.8. The van der Waals surface area contributed by atoms with E-state index in [9.17, 15) is 0 Å². The molecule has 1 aromatic carbocycles. The molecule has 7 heteroatoms. The van der Waals surface area contributed by atoms with Crippen molar-refractivity contribution in [3.63, 3.8) is 0 Å². The number of hydrogen-bond acceptors (Lipinski definition) is 7. The first-order valence-electron chi connectivity index (χ1n) is 8.99. The van der Waals surface area contributed by atoms with Crippen LogP contribution in [0.3, 0.4) is 0 Å². The van der Waals surface area contributed by atoms with Gasteiger partial charge >= 0.3 is 0 Å². The van der Waals surface area contributed by atoms with Crippen molar-refractivity contribution in [3.8, 4) is 6.07 Å². The molecule has 0 amide bonds. The summed E-state index contributed by atoms with van der Waals surface area (Å²) in [6.07, 6.45) is 1.85. The van der Waals surface area contributed by atoms with Crippen LogP contribution < -0.4 is 14.7 Å². The van der Waals surface area contributed by atoms with Gasteiger partial charge in [-0.3, -0.25) is 0 Å². The number of anilines is 3. The van der Waals surface area contributed by atoms with Crippen LogP contribution in [0.1, 0.15) is 5.56 Å². The Morgan fingerprint density at radius 2 is 1.54 bits per heavy atom. The van der Waals surface area contributed by atoms with E-state index < -0.39 is 0 Å². The van der Waals surface area contributed by atoms with E-state index in [1.807, 2.05) is 36.5 Å². The third-order valence-electron chi connectivity index (χ3n) is 4.89. The van der Waals surface area contributed by atoms with Crippen molar-refractivity contribution >= 4 is 17.5 Å². The molecule has 2 aliphatic heterocycles. The van der Waals surface area contributed by atoms with Gasteiger partial charge < -0.3 is 19.4 Å². The van der Waals surface area contributed by atoms with Gasteiger partial charge in [0.25, 0.3) is 0 Å². The molecule has 134 valence electrons. The van der Waals surface area contributed by atoms with Crippen molar-refractivity contribution in [2.75, 3.05) is 67.2 Å². The Labute approximate surface area is 153 Å². The van der Waals surface area contributed by atoms with Crippen LogP contribution in [0, 0.1) is 11.3 Å². The van der Waals surface area contributed by atoms with Crippen molar-refractivity contribution < 1.29 is 4.74 Å². The number of nitrogens with zero attached hydrogens (tertiary/aromatic N) is 6. The minimum absolute atomic E-state index is 0.698. The molecular weight excluding hydrogens is 328 g/mol. The van der Waals surface area contributed by atoms with Crippen LogP contribution in [0.5, 0.6) is 0 Å². The summed E-state index contributed by atoms with van der Waals surface area (Å²) < 4.78 is 5.41. The van der Waals surface area contributed by atoms with Crippen LogP contribution in [-0.2, 0) is 4.74 Å². The Kier molecular flexibility index (Phi) is 4.84. The molecule has 0 aliphatic carbocycles. The quantitative estimate of drug-likeness (QED) is 0.831. The summed E-state index contributed by atoms with van der Waals surface area (Å²) in [5.74, 6) is 1.78. The Morgan fingerprint density at radius 1 is 0.846 bits per heavy atom. The number of benzene rings is 1. The maximum absolute atomic E-state index is 8.92. The molecule has 0 unspecified atom stereocenters. The summed E-state index contributed by atoms with van der Waals surface area (Å²) in [6.45, 7) is 6.85. The highest BCUT2D eigenvalue weighted by molar-refractivity contribution is 5.52. The molecular formula is C19H22N6O. The second-order valence-corrected chi connectivity index (χ2v) is 6.45. The number of nitriles is 1. The molecule has 7 nitrogen and oxygen atoms in total. The topological polar surface area (TPSA) is 68.5 Å². The van der Waals surface area contributed by atoms with Crippen molar-refractivity contribution in [2.45, 2.75) is 0 Å². The van der Waals surface area contributed by atoms with Gasteiger partial charge in [0.15, 0.2) is 0 Å². The molecule has 0 spiro atoms. The zero-order valence-electron chi connectivity index (χ0n) is 14.7. The van der Waals surface area contributed by atoms with Crippen LogP contribution >= 0.6 is 0 Å². The lowest BCUT2D eigenvalue weighted by molar-refractivity contribution is 0.122. The highest BCUT2D eigenvalue weighted by Crippen LogP contribution is 2.21. The summed E-state index contributed by atoms with van der Waals surface area (Å²) in [5, 5.41) is 8.92. The summed E-state index contributed by atoms with van der Waals surface area (Å²) in [4.78, 5) is 16.0. The van der Waals surface area contributed by atoms with Crippen LogP contribution in [0.4, 0.5) is 17.5 Å². The number of hydrogen-bond donors (Lipinski definition) is 0. The molecule has 26 heavy (non-hydrogen) atoms. The Morgan fingerprint density at radius 3 is 2.23 bits per heavy atom. The van der Waals surface area contributed by atoms with E-state index in [2.05, 4.69) is 25.8 Å². The Hall–Kier alpha value is -2.85. The molecule has 2 aliphatic rings. The highest BCUT2D eigenvalue weighted by atomic mass is 16.5. The average Bonchev–Trinajstić information content (AvgIpc) is 2.75. The van der Waals surface area contributed by atoms with E-state index in [-0.39, 0.29) is 0 Å². The minimum atomic E-state index is 0.698. The zero-order valence-corrected chi connectivity index (χ0v) is 14.7. The van der Waals surface area contributed by atoms with Crippen molar-refractivity contribution in [1.29, 1.82) is 5.26 Å². The molecule has 0 atom stereocenters. The Bertz CT molecular complexity index is 773. The second kappa shape index (κ2) is 7.58. The van der Waals surface area contributed by atoms with E-state index in [0.717, 1.165) is 64.2 Å². The van der Waals surface area contributed by atoms with Gasteiger partial charge in [0, 0.05) is 51.2 Å². The number of piperazine rings is 1. The van der Waals surface area contributed by atoms with Gasteiger partial charge in [-0.05, 0) is 30.3 Å². The average molecular weight is 350 g/mol. The molecule has 2 saturated heterocycles. The van der Waals surface area contributed by atoms with Crippen molar-refractivity contribution in [2.24, 2.45) is 0 Å². The van der Waals surface area contributed by atoms with Crippen molar-refractivity contribution in [1.82, 2.24) is 9.97 Å². The number of morpholine rings is 1. The molecule has 0 bridgehead atoms. The third kappa shape index (κ3) is 3.55. The van der Waals surface area contributed by atoms with Crippen LogP contribution in [0.25, 0.3) is 0 Å². The molecule has 0 radical (unpaired) electrons. The van der Waals surface area contributed by atoms with Crippen LogP contribution in [-0.4, -0.2) is 62.5 Å².